The van der Waals surface area contributed by atoms with E-state index < -0.39 is 0 Å². The summed E-state index contributed by atoms with van der Waals surface area (Å²) in [6.45, 7) is 6.03. The Labute approximate surface area is 140 Å². The number of hydrogen-bond donors (Lipinski definition) is 2. The van der Waals surface area contributed by atoms with Gasteiger partial charge < -0.3 is 20.1 Å². The zero-order valence-electron chi connectivity index (χ0n) is 14.0. The number of likely N-dealkylation sites (tertiary alicyclic amines) is 1. The van der Waals surface area contributed by atoms with Crippen molar-refractivity contribution in [1.29, 1.82) is 0 Å². The number of hydrogen-bond acceptors (Lipinski definition) is 6. The number of aryl methyl sites for hydroxylation is 1. The number of nitrogens with one attached hydrogen (secondary N) is 1. The summed E-state index contributed by atoms with van der Waals surface area (Å²) >= 11 is 1.42. The van der Waals surface area contributed by atoms with Crippen molar-refractivity contribution in [2.75, 3.05) is 32.1 Å². The van der Waals surface area contributed by atoms with Crippen LogP contribution >= 0.6 is 11.3 Å². The lowest BCUT2D eigenvalue weighted by Crippen LogP contribution is -2.62. The van der Waals surface area contributed by atoms with Gasteiger partial charge in [-0.2, -0.15) is 0 Å². The molecule has 1 amide bonds. The third kappa shape index (κ3) is 2.75. The quantitative estimate of drug-likeness (QED) is 0.876. The van der Waals surface area contributed by atoms with Crippen LogP contribution in [-0.4, -0.2) is 59.8 Å². The average Bonchev–Trinajstić information content (AvgIpc) is 2.92. The number of thiazole rings is 1. The number of carbonyl (C=O) groups is 1. The number of methoxy groups -OCH3 is 1. The first-order valence-electron chi connectivity index (χ1n) is 8.23. The Bertz CT molecular complexity index is 581. The molecule has 2 heterocycles. The van der Waals surface area contributed by atoms with Crippen molar-refractivity contribution >= 4 is 22.4 Å². The van der Waals surface area contributed by atoms with Crippen molar-refractivity contribution in [2.45, 2.75) is 45.3 Å². The lowest BCUT2D eigenvalue weighted by atomic mass is 9.58. The third-order valence-corrected chi connectivity index (χ3v) is 6.43. The molecule has 1 aromatic heterocycles. The fourth-order valence-corrected chi connectivity index (χ4v) is 4.81. The topological polar surface area (TPSA) is 74.7 Å². The Morgan fingerprint density at radius 2 is 2.22 bits per heavy atom. The van der Waals surface area contributed by atoms with Crippen LogP contribution in [0.25, 0.3) is 0 Å². The molecular formula is C16H25N3O3S. The Hall–Kier alpha value is -1.18. The average molecular weight is 339 g/mol. The maximum Gasteiger partial charge on any atom is 0.265 e. The van der Waals surface area contributed by atoms with Gasteiger partial charge in [-0.15, -0.1) is 0 Å². The van der Waals surface area contributed by atoms with Gasteiger partial charge in [0.15, 0.2) is 5.13 Å². The normalized spacial score (nSPS) is 26.2. The van der Waals surface area contributed by atoms with Crippen LogP contribution in [0.1, 0.15) is 41.6 Å². The molecular weight excluding hydrogens is 314 g/mol. The van der Waals surface area contributed by atoms with E-state index in [-0.39, 0.29) is 23.5 Å². The molecule has 1 saturated heterocycles. The first-order chi connectivity index (χ1) is 11.0. The Kier molecular flexibility index (Phi) is 4.62. The number of nitrogens with zero attached hydrogens (tertiary/aromatic N) is 2. The number of piperidine rings is 1. The lowest BCUT2D eigenvalue weighted by Gasteiger charge is -2.56. The van der Waals surface area contributed by atoms with Gasteiger partial charge in [0.25, 0.3) is 5.91 Å². The van der Waals surface area contributed by atoms with Gasteiger partial charge in [-0.05, 0) is 26.7 Å². The number of aliphatic hydroxyl groups is 1. The van der Waals surface area contributed by atoms with Gasteiger partial charge in [-0.1, -0.05) is 11.3 Å². The second kappa shape index (κ2) is 6.37. The van der Waals surface area contributed by atoms with Crippen LogP contribution in [-0.2, 0) is 4.74 Å². The largest absolute Gasteiger partial charge is 0.392 e. The fourth-order valence-electron chi connectivity index (χ4n) is 3.80. The van der Waals surface area contributed by atoms with E-state index in [1.54, 1.807) is 7.11 Å². The van der Waals surface area contributed by atoms with Crippen LogP contribution in [0.4, 0.5) is 5.13 Å². The molecule has 0 radical (unpaired) electrons. The van der Waals surface area contributed by atoms with Gasteiger partial charge in [0, 0.05) is 38.6 Å². The van der Waals surface area contributed by atoms with E-state index >= 15 is 0 Å². The molecule has 1 aromatic rings. The summed E-state index contributed by atoms with van der Waals surface area (Å²) < 4.78 is 5.50. The molecule has 2 atom stereocenters. The van der Waals surface area contributed by atoms with E-state index in [0.29, 0.717) is 24.4 Å². The van der Waals surface area contributed by atoms with Crippen LogP contribution in [0, 0.1) is 12.3 Å². The summed E-state index contributed by atoms with van der Waals surface area (Å²) in [4.78, 5) is 19.8. The SMILES string of the molecule is CCNc1nc(C)c(C(=O)N2CCC3(CC2)[C@H](O)C[C@@H]3OC)s1. The van der Waals surface area contributed by atoms with Crippen LogP contribution in [0.2, 0.25) is 0 Å². The number of ether oxygens (including phenoxy) is 1. The minimum absolute atomic E-state index is 0.0572. The summed E-state index contributed by atoms with van der Waals surface area (Å²) in [5.41, 5.74) is 0.637. The second-order valence-corrected chi connectivity index (χ2v) is 7.46. The van der Waals surface area contributed by atoms with E-state index in [4.69, 9.17) is 4.74 Å². The number of amides is 1. The van der Waals surface area contributed by atoms with E-state index in [2.05, 4.69) is 10.3 Å². The van der Waals surface area contributed by atoms with Gasteiger partial charge >= 0.3 is 0 Å². The van der Waals surface area contributed by atoms with Crippen LogP contribution in [0.15, 0.2) is 0 Å². The molecule has 3 rings (SSSR count). The lowest BCUT2D eigenvalue weighted by molar-refractivity contribution is -0.199. The highest BCUT2D eigenvalue weighted by Crippen LogP contribution is 2.50. The molecule has 128 valence electrons. The second-order valence-electron chi connectivity index (χ2n) is 6.47. The van der Waals surface area contributed by atoms with E-state index in [1.165, 1.54) is 11.3 Å². The molecule has 2 N–H and O–H groups in total. The molecule has 0 aromatic carbocycles. The Morgan fingerprint density at radius 1 is 1.52 bits per heavy atom. The van der Waals surface area contributed by atoms with E-state index in [9.17, 15) is 9.90 Å². The third-order valence-electron chi connectivity index (χ3n) is 5.33. The molecule has 7 heteroatoms. The number of aromatic nitrogens is 1. The van der Waals surface area contributed by atoms with Crippen molar-refractivity contribution in [3.05, 3.63) is 10.6 Å². The molecule has 1 spiro atoms. The van der Waals surface area contributed by atoms with Crippen LogP contribution in [0.3, 0.4) is 0 Å². The Balaban J connectivity index is 1.67. The highest BCUT2D eigenvalue weighted by Gasteiger charge is 2.56. The summed E-state index contributed by atoms with van der Waals surface area (Å²) in [5, 5.41) is 14.1. The smallest absolute Gasteiger partial charge is 0.265 e. The zero-order chi connectivity index (χ0) is 16.6. The minimum Gasteiger partial charge on any atom is -0.392 e. The van der Waals surface area contributed by atoms with Crippen molar-refractivity contribution in [3.63, 3.8) is 0 Å². The molecule has 0 bridgehead atoms. The molecule has 23 heavy (non-hydrogen) atoms. The van der Waals surface area contributed by atoms with Crippen molar-refractivity contribution in [3.8, 4) is 0 Å². The maximum absolute atomic E-state index is 12.8. The molecule has 2 aliphatic rings. The Morgan fingerprint density at radius 3 is 2.78 bits per heavy atom. The maximum atomic E-state index is 12.8. The van der Waals surface area contributed by atoms with Crippen LogP contribution in [0.5, 0.6) is 0 Å². The van der Waals surface area contributed by atoms with Gasteiger partial charge in [-0.25, -0.2) is 4.98 Å². The van der Waals surface area contributed by atoms with Crippen LogP contribution < -0.4 is 5.32 Å². The highest BCUT2D eigenvalue weighted by atomic mass is 32.1. The predicted octanol–water partition coefficient (Wildman–Crippen LogP) is 1.89. The van der Waals surface area contributed by atoms with Gasteiger partial charge in [0.1, 0.15) is 4.88 Å². The molecule has 1 saturated carbocycles. The molecule has 2 fully saturated rings. The van der Waals surface area contributed by atoms with E-state index in [1.807, 2.05) is 18.7 Å². The van der Waals surface area contributed by atoms with Crippen molar-refractivity contribution in [2.24, 2.45) is 5.41 Å². The first kappa shape index (κ1) is 16.7. The van der Waals surface area contributed by atoms with Gasteiger partial charge in [0.05, 0.1) is 17.9 Å². The summed E-state index contributed by atoms with van der Waals surface area (Å²) in [5.74, 6) is 0.0572. The monoisotopic (exact) mass is 339 g/mol. The highest BCUT2D eigenvalue weighted by molar-refractivity contribution is 7.17. The fraction of sp³-hybridized carbons (Fsp3) is 0.750. The summed E-state index contributed by atoms with van der Waals surface area (Å²) in [7, 11) is 1.71. The number of aliphatic hydroxyl groups excluding tert-OH is 1. The van der Waals surface area contributed by atoms with Crippen molar-refractivity contribution < 1.29 is 14.6 Å². The molecule has 0 unspecified atom stereocenters. The predicted molar refractivity (Wildman–Crippen MR) is 90.0 cm³/mol. The molecule has 6 nitrogen and oxygen atoms in total. The number of rotatable bonds is 4. The van der Waals surface area contributed by atoms with Crippen molar-refractivity contribution in [1.82, 2.24) is 9.88 Å². The number of anilines is 1. The number of carbonyl (C=O) groups excluding carboxylic acids is 1. The van der Waals surface area contributed by atoms with Gasteiger partial charge in [-0.3, -0.25) is 4.79 Å². The first-order valence-corrected chi connectivity index (χ1v) is 9.05. The zero-order valence-corrected chi connectivity index (χ0v) is 14.8. The summed E-state index contributed by atoms with van der Waals surface area (Å²) in [6.07, 6.45) is 2.15. The van der Waals surface area contributed by atoms with E-state index in [0.717, 1.165) is 30.2 Å². The van der Waals surface area contributed by atoms with Gasteiger partial charge in [0.2, 0.25) is 0 Å². The standard InChI is InChI=1S/C16H25N3O3S/c1-4-17-15-18-10(2)13(23-15)14(21)19-7-5-16(6-8-19)11(20)9-12(16)22-3/h11-12,20H,4-9H2,1-3H3,(H,17,18)/t11-,12+/m1/s1. The minimum atomic E-state index is -0.296. The summed E-state index contributed by atoms with van der Waals surface area (Å²) in [6, 6.07) is 0. The molecule has 1 aliphatic carbocycles. The molecule has 1 aliphatic heterocycles.